The molecular formula is C11H13N3O3S. The predicted molar refractivity (Wildman–Crippen MR) is 64.7 cm³/mol. The van der Waals surface area contributed by atoms with E-state index in [-0.39, 0.29) is 6.54 Å². The number of thiazole rings is 1. The van der Waals surface area contributed by atoms with E-state index in [2.05, 4.69) is 10.3 Å². The van der Waals surface area contributed by atoms with Crippen molar-refractivity contribution in [2.45, 2.75) is 27.3 Å². The van der Waals surface area contributed by atoms with Crippen molar-refractivity contribution in [3.63, 3.8) is 0 Å². The van der Waals surface area contributed by atoms with E-state index in [0.29, 0.717) is 5.69 Å². The van der Waals surface area contributed by atoms with Gasteiger partial charge in [-0.25, -0.2) is 9.78 Å². The first-order chi connectivity index (χ1) is 8.32. The van der Waals surface area contributed by atoms with Gasteiger partial charge in [-0.1, -0.05) is 0 Å². The van der Waals surface area contributed by atoms with Crippen LogP contribution >= 0.6 is 11.3 Å². The molecule has 6 nitrogen and oxygen atoms in total. The number of hydrogen-bond donors (Lipinski definition) is 1. The lowest BCUT2D eigenvalue weighted by Gasteiger charge is -2.34. The number of hydrogen-bond acceptors (Lipinski definition) is 5. The maximum absolute atomic E-state index is 12.1. The van der Waals surface area contributed by atoms with Gasteiger partial charge < -0.3 is 0 Å². The fourth-order valence-electron chi connectivity index (χ4n) is 1.63. The summed E-state index contributed by atoms with van der Waals surface area (Å²) >= 11 is 1.45. The van der Waals surface area contributed by atoms with E-state index in [1.54, 1.807) is 5.38 Å². The highest BCUT2D eigenvalue weighted by molar-refractivity contribution is 7.09. The van der Waals surface area contributed by atoms with Crippen molar-refractivity contribution in [2.75, 3.05) is 0 Å². The lowest BCUT2D eigenvalue weighted by molar-refractivity contribution is -0.149. The molecule has 0 spiro atoms. The first-order valence-corrected chi connectivity index (χ1v) is 6.28. The maximum atomic E-state index is 12.1. The second-order valence-corrected chi connectivity index (χ2v) is 5.70. The predicted octanol–water partition coefficient (Wildman–Crippen LogP) is 1.06. The molecule has 1 aliphatic heterocycles. The van der Waals surface area contributed by atoms with E-state index in [1.807, 2.05) is 6.92 Å². The molecule has 0 bridgehead atoms. The third-order valence-electron chi connectivity index (χ3n) is 2.80. The Kier molecular flexibility index (Phi) is 2.94. The molecule has 1 N–H and O–H groups in total. The molecule has 1 aromatic rings. The van der Waals surface area contributed by atoms with Crippen LogP contribution in [0.25, 0.3) is 0 Å². The van der Waals surface area contributed by atoms with Crippen LogP contribution in [-0.2, 0) is 16.1 Å². The molecule has 1 aliphatic rings. The molecule has 0 radical (unpaired) electrons. The first-order valence-electron chi connectivity index (χ1n) is 5.41. The van der Waals surface area contributed by atoms with Crippen molar-refractivity contribution in [2.24, 2.45) is 5.41 Å². The fraction of sp³-hybridized carbons (Fsp3) is 0.455. The molecule has 96 valence electrons. The molecule has 18 heavy (non-hydrogen) atoms. The van der Waals surface area contributed by atoms with E-state index < -0.39 is 23.3 Å². The average Bonchev–Trinajstić information content (AvgIpc) is 2.68. The topological polar surface area (TPSA) is 79.4 Å². The number of imide groups is 2. The number of carbonyl (C=O) groups is 3. The molecule has 0 saturated carbocycles. The fourth-order valence-corrected chi connectivity index (χ4v) is 2.24. The second-order valence-electron chi connectivity index (χ2n) is 4.63. The van der Waals surface area contributed by atoms with Gasteiger partial charge in [0, 0.05) is 5.38 Å². The molecule has 0 unspecified atom stereocenters. The Morgan fingerprint density at radius 3 is 2.61 bits per heavy atom. The molecule has 2 rings (SSSR count). The van der Waals surface area contributed by atoms with E-state index in [1.165, 1.54) is 25.2 Å². The van der Waals surface area contributed by atoms with Crippen molar-refractivity contribution < 1.29 is 14.4 Å². The normalized spacial score (nSPS) is 19.1. The van der Waals surface area contributed by atoms with E-state index in [0.717, 1.165) is 9.91 Å². The number of nitrogens with one attached hydrogen (secondary N) is 1. The van der Waals surface area contributed by atoms with Gasteiger partial charge in [0.2, 0.25) is 11.8 Å². The minimum Gasteiger partial charge on any atom is -0.277 e. The third kappa shape index (κ3) is 2.01. The van der Waals surface area contributed by atoms with Crippen molar-refractivity contribution in [1.82, 2.24) is 15.2 Å². The van der Waals surface area contributed by atoms with Crippen LogP contribution in [0.3, 0.4) is 0 Å². The highest BCUT2D eigenvalue weighted by atomic mass is 32.1. The summed E-state index contributed by atoms with van der Waals surface area (Å²) in [4.78, 5) is 40.5. The second kappa shape index (κ2) is 4.16. The average molecular weight is 267 g/mol. The van der Waals surface area contributed by atoms with Gasteiger partial charge in [0.1, 0.15) is 5.41 Å². The molecule has 2 heterocycles. The van der Waals surface area contributed by atoms with E-state index in [4.69, 9.17) is 0 Å². The van der Waals surface area contributed by atoms with Crippen molar-refractivity contribution in [3.05, 3.63) is 16.1 Å². The lowest BCUT2D eigenvalue weighted by atomic mass is 9.89. The number of amides is 4. The number of aryl methyl sites for hydroxylation is 1. The SMILES string of the molecule is Cc1nc(CN2C(=O)NC(=O)C(C)(C)C2=O)cs1. The number of aromatic nitrogens is 1. The zero-order valence-corrected chi connectivity index (χ0v) is 11.1. The largest absolute Gasteiger partial charge is 0.331 e. The number of nitrogens with zero attached hydrogens (tertiary/aromatic N) is 2. The third-order valence-corrected chi connectivity index (χ3v) is 3.62. The summed E-state index contributed by atoms with van der Waals surface area (Å²) in [7, 11) is 0. The summed E-state index contributed by atoms with van der Waals surface area (Å²) in [6, 6.07) is -0.685. The highest BCUT2D eigenvalue weighted by Gasteiger charge is 2.46. The quantitative estimate of drug-likeness (QED) is 0.812. The number of urea groups is 1. The van der Waals surface area contributed by atoms with Crippen LogP contribution < -0.4 is 5.32 Å². The molecular weight excluding hydrogens is 254 g/mol. The minimum absolute atomic E-state index is 0.0890. The van der Waals surface area contributed by atoms with Gasteiger partial charge in [0.15, 0.2) is 0 Å². The van der Waals surface area contributed by atoms with Crippen LogP contribution in [0.5, 0.6) is 0 Å². The Morgan fingerprint density at radius 1 is 1.39 bits per heavy atom. The molecule has 0 aromatic carbocycles. The Morgan fingerprint density at radius 2 is 2.06 bits per heavy atom. The van der Waals surface area contributed by atoms with Gasteiger partial charge in [-0.15, -0.1) is 11.3 Å². The Balaban J connectivity index is 2.24. The van der Waals surface area contributed by atoms with Gasteiger partial charge in [-0.2, -0.15) is 0 Å². The van der Waals surface area contributed by atoms with Crippen LogP contribution in [0.1, 0.15) is 24.5 Å². The molecule has 1 aromatic heterocycles. The molecule has 1 saturated heterocycles. The molecule has 7 heteroatoms. The van der Waals surface area contributed by atoms with Crippen LogP contribution in [-0.4, -0.2) is 27.7 Å². The van der Waals surface area contributed by atoms with Crippen LogP contribution in [0, 0.1) is 12.3 Å². The van der Waals surface area contributed by atoms with Gasteiger partial charge in [0.25, 0.3) is 0 Å². The van der Waals surface area contributed by atoms with Crippen LogP contribution in [0.15, 0.2) is 5.38 Å². The van der Waals surface area contributed by atoms with Crippen LogP contribution in [0.4, 0.5) is 4.79 Å². The smallest absolute Gasteiger partial charge is 0.277 e. The van der Waals surface area contributed by atoms with E-state index >= 15 is 0 Å². The monoisotopic (exact) mass is 267 g/mol. The summed E-state index contributed by atoms with van der Waals surface area (Å²) in [5, 5.41) is 4.84. The lowest BCUT2D eigenvalue weighted by Crippen LogP contribution is -2.61. The highest BCUT2D eigenvalue weighted by Crippen LogP contribution is 2.24. The Bertz CT molecular complexity index is 535. The first kappa shape index (κ1) is 12.7. The molecule has 0 atom stereocenters. The summed E-state index contributed by atoms with van der Waals surface area (Å²) < 4.78 is 0. The van der Waals surface area contributed by atoms with Crippen molar-refractivity contribution in [1.29, 1.82) is 0 Å². The van der Waals surface area contributed by atoms with Gasteiger partial charge >= 0.3 is 6.03 Å². The molecule has 1 fully saturated rings. The summed E-state index contributed by atoms with van der Waals surface area (Å²) in [5.41, 5.74) is -0.579. The Labute approximate surface area is 108 Å². The maximum Gasteiger partial charge on any atom is 0.331 e. The number of barbiturate groups is 1. The van der Waals surface area contributed by atoms with Crippen molar-refractivity contribution in [3.8, 4) is 0 Å². The summed E-state index contributed by atoms with van der Waals surface area (Å²) in [5.74, 6) is -1.06. The standard InChI is InChI=1S/C11H13N3O3S/c1-6-12-7(5-18-6)4-14-9(16)11(2,3)8(15)13-10(14)17/h5H,4H2,1-3H3,(H,13,15,17). The Hall–Kier alpha value is -1.76. The zero-order chi connectivity index (χ0) is 13.5. The van der Waals surface area contributed by atoms with Gasteiger partial charge in [-0.05, 0) is 20.8 Å². The summed E-state index contributed by atoms with van der Waals surface area (Å²) in [6.07, 6.45) is 0. The summed E-state index contributed by atoms with van der Waals surface area (Å²) in [6.45, 7) is 4.93. The zero-order valence-electron chi connectivity index (χ0n) is 10.3. The van der Waals surface area contributed by atoms with E-state index in [9.17, 15) is 14.4 Å². The van der Waals surface area contributed by atoms with Gasteiger partial charge in [0.05, 0.1) is 17.2 Å². The number of rotatable bonds is 2. The number of carbonyl (C=O) groups excluding carboxylic acids is 3. The van der Waals surface area contributed by atoms with Gasteiger partial charge in [-0.3, -0.25) is 19.8 Å². The van der Waals surface area contributed by atoms with Crippen LogP contribution in [0.2, 0.25) is 0 Å². The molecule has 4 amide bonds. The van der Waals surface area contributed by atoms with Crippen molar-refractivity contribution >= 4 is 29.2 Å². The molecule has 0 aliphatic carbocycles. The minimum atomic E-state index is -1.22.